The number of piperidine rings is 1. The number of amides is 1. The SMILES string of the molecule is CCCCCCCOc1ccccc1NC(=O)OCC[N+]1(CCCCC)CCCCC1. The highest BCUT2D eigenvalue weighted by atomic mass is 16.5. The number of nitrogens with zero attached hydrogens (tertiary/aromatic N) is 1. The van der Waals surface area contributed by atoms with Crippen LogP contribution < -0.4 is 10.1 Å². The van der Waals surface area contributed by atoms with E-state index in [4.69, 9.17) is 9.47 Å². The van der Waals surface area contributed by atoms with Crippen molar-refractivity contribution >= 4 is 11.8 Å². The van der Waals surface area contributed by atoms with Gasteiger partial charge in [0.25, 0.3) is 0 Å². The number of hydrogen-bond acceptors (Lipinski definition) is 3. The first-order valence-electron chi connectivity index (χ1n) is 12.7. The summed E-state index contributed by atoms with van der Waals surface area (Å²) in [6, 6.07) is 7.62. The first-order chi connectivity index (χ1) is 15.2. The van der Waals surface area contributed by atoms with Crippen LogP contribution in [0.1, 0.15) is 84.5 Å². The van der Waals surface area contributed by atoms with Gasteiger partial charge in [-0.1, -0.05) is 58.1 Å². The largest absolute Gasteiger partial charge is 0.491 e. The molecule has 2 rings (SSSR count). The zero-order chi connectivity index (χ0) is 22.2. The molecule has 5 heteroatoms. The molecule has 1 aliphatic rings. The summed E-state index contributed by atoms with van der Waals surface area (Å²) in [6.07, 6.45) is 13.3. The first-order valence-corrected chi connectivity index (χ1v) is 12.7. The smallest absolute Gasteiger partial charge is 0.411 e. The van der Waals surface area contributed by atoms with E-state index in [0.29, 0.717) is 24.7 Å². The van der Waals surface area contributed by atoms with Crippen LogP contribution in [0.25, 0.3) is 0 Å². The second-order valence-electron chi connectivity index (χ2n) is 9.02. The molecule has 1 heterocycles. The minimum Gasteiger partial charge on any atom is -0.491 e. The second-order valence-corrected chi connectivity index (χ2v) is 9.02. The monoisotopic (exact) mass is 433 g/mol. The molecule has 1 N–H and O–H groups in total. The minimum atomic E-state index is -0.386. The first kappa shape index (κ1) is 25.5. The summed E-state index contributed by atoms with van der Waals surface area (Å²) in [5.41, 5.74) is 0.686. The Balaban J connectivity index is 1.76. The molecule has 0 bridgehead atoms. The van der Waals surface area contributed by atoms with Gasteiger partial charge in [0.05, 0.1) is 31.9 Å². The van der Waals surface area contributed by atoms with Crippen molar-refractivity contribution in [3.8, 4) is 5.75 Å². The van der Waals surface area contributed by atoms with Crippen molar-refractivity contribution in [3.05, 3.63) is 24.3 Å². The summed E-state index contributed by atoms with van der Waals surface area (Å²) >= 11 is 0. The fourth-order valence-electron chi connectivity index (χ4n) is 4.50. The van der Waals surface area contributed by atoms with Crippen LogP contribution in [0.4, 0.5) is 10.5 Å². The van der Waals surface area contributed by atoms with Gasteiger partial charge in [0.15, 0.2) is 0 Å². The molecule has 0 aliphatic carbocycles. The van der Waals surface area contributed by atoms with Crippen LogP contribution in [0.2, 0.25) is 0 Å². The van der Waals surface area contributed by atoms with Crippen molar-refractivity contribution < 1.29 is 18.8 Å². The maximum atomic E-state index is 12.4. The van der Waals surface area contributed by atoms with Gasteiger partial charge in [0.1, 0.15) is 18.9 Å². The Bertz CT molecular complexity index is 614. The topological polar surface area (TPSA) is 47.6 Å². The Labute approximate surface area is 190 Å². The lowest BCUT2D eigenvalue weighted by atomic mass is 10.1. The molecule has 1 aromatic carbocycles. The number of quaternary nitrogens is 1. The number of nitrogens with one attached hydrogen (secondary N) is 1. The van der Waals surface area contributed by atoms with Gasteiger partial charge in [-0.05, 0) is 50.7 Å². The van der Waals surface area contributed by atoms with Crippen molar-refractivity contribution in [2.24, 2.45) is 0 Å². The number of likely N-dealkylation sites (tertiary alicyclic amines) is 1. The number of rotatable bonds is 15. The molecule has 1 fully saturated rings. The average molecular weight is 434 g/mol. The number of hydrogen-bond donors (Lipinski definition) is 1. The molecular weight excluding hydrogens is 388 g/mol. The highest BCUT2D eigenvalue weighted by molar-refractivity contribution is 5.86. The van der Waals surface area contributed by atoms with Crippen LogP contribution in [-0.2, 0) is 4.74 Å². The van der Waals surface area contributed by atoms with E-state index >= 15 is 0 Å². The molecule has 1 aromatic rings. The maximum absolute atomic E-state index is 12.4. The molecule has 0 spiro atoms. The number of carbonyl (C=O) groups is 1. The molecule has 0 saturated carbocycles. The fraction of sp³-hybridized carbons (Fsp3) is 0.731. The summed E-state index contributed by atoms with van der Waals surface area (Å²) in [5, 5.41) is 2.88. The molecule has 0 unspecified atom stereocenters. The van der Waals surface area contributed by atoms with Crippen molar-refractivity contribution in [1.82, 2.24) is 0 Å². The highest BCUT2D eigenvalue weighted by Crippen LogP contribution is 2.24. The summed E-state index contributed by atoms with van der Waals surface area (Å²) in [4.78, 5) is 12.4. The molecule has 1 saturated heterocycles. The average Bonchev–Trinajstić information content (AvgIpc) is 2.78. The summed E-state index contributed by atoms with van der Waals surface area (Å²) in [6.45, 7) is 10.2. The van der Waals surface area contributed by atoms with Crippen LogP contribution in [0.3, 0.4) is 0 Å². The van der Waals surface area contributed by atoms with Crippen molar-refractivity contribution in [2.75, 3.05) is 44.7 Å². The normalized spacial score (nSPS) is 15.4. The van der Waals surface area contributed by atoms with E-state index in [1.54, 1.807) is 0 Å². The van der Waals surface area contributed by atoms with Crippen molar-refractivity contribution in [2.45, 2.75) is 84.5 Å². The zero-order valence-corrected chi connectivity index (χ0v) is 20.0. The number of unbranched alkanes of at least 4 members (excludes halogenated alkanes) is 6. The quantitative estimate of drug-likeness (QED) is 0.245. The number of anilines is 1. The third-order valence-corrected chi connectivity index (χ3v) is 6.43. The predicted octanol–water partition coefficient (Wildman–Crippen LogP) is 6.78. The van der Waals surface area contributed by atoms with Crippen LogP contribution in [0.5, 0.6) is 5.75 Å². The lowest BCUT2D eigenvalue weighted by molar-refractivity contribution is -0.932. The van der Waals surface area contributed by atoms with Crippen molar-refractivity contribution in [3.63, 3.8) is 0 Å². The van der Waals surface area contributed by atoms with E-state index in [-0.39, 0.29) is 6.09 Å². The molecule has 1 aliphatic heterocycles. The Hall–Kier alpha value is -1.75. The van der Waals surface area contributed by atoms with Gasteiger partial charge < -0.3 is 14.0 Å². The predicted molar refractivity (Wildman–Crippen MR) is 129 cm³/mol. The third-order valence-electron chi connectivity index (χ3n) is 6.43. The number of ether oxygens (including phenoxy) is 2. The van der Waals surface area contributed by atoms with Gasteiger partial charge in [-0.2, -0.15) is 0 Å². The number of carbonyl (C=O) groups excluding carboxylic acids is 1. The summed E-state index contributed by atoms with van der Waals surface area (Å²) in [7, 11) is 0. The van der Waals surface area contributed by atoms with Gasteiger partial charge in [0, 0.05) is 0 Å². The minimum absolute atomic E-state index is 0.386. The van der Waals surface area contributed by atoms with E-state index in [9.17, 15) is 4.79 Å². The molecular formula is C26H45N2O3+. The van der Waals surface area contributed by atoms with E-state index in [1.807, 2.05) is 24.3 Å². The molecule has 0 aromatic heterocycles. The van der Waals surface area contributed by atoms with Crippen LogP contribution >= 0.6 is 0 Å². The highest BCUT2D eigenvalue weighted by Gasteiger charge is 2.29. The molecule has 1 amide bonds. The van der Waals surface area contributed by atoms with E-state index < -0.39 is 0 Å². The number of benzene rings is 1. The fourth-order valence-corrected chi connectivity index (χ4v) is 4.50. The van der Waals surface area contributed by atoms with Gasteiger partial charge >= 0.3 is 6.09 Å². The Morgan fingerprint density at radius 1 is 0.871 bits per heavy atom. The molecule has 5 nitrogen and oxygen atoms in total. The van der Waals surface area contributed by atoms with E-state index in [2.05, 4.69) is 19.2 Å². The van der Waals surface area contributed by atoms with Crippen LogP contribution in [0.15, 0.2) is 24.3 Å². The standard InChI is InChI=1S/C26H44N2O3/c1-3-5-7-8-15-22-30-25-17-11-10-16-24(25)27-26(29)31-23-21-28(18-12-6-4-2)19-13-9-14-20-28/h10-11,16-17H,3-9,12-15,18-23H2,1-2H3/p+1. The molecule has 31 heavy (non-hydrogen) atoms. The van der Waals surface area contributed by atoms with Gasteiger partial charge in [0.2, 0.25) is 0 Å². The molecule has 0 radical (unpaired) electrons. The second kappa shape index (κ2) is 15.1. The molecule has 0 atom stereocenters. The van der Waals surface area contributed by atoms with Gasteiger partial charge in [-0.15, -0.1) is 0 Å². The third kappa shape index (κ3) is 9.94. The maximum Gasteiger partial charge on any atom is 0.411 e. The molecule has 176 valence electrons. The van der Waals surface area contributed by atoms with Gasteiger partial charge in [-0.25, -0.2) is 4.79 Å². The summed E-state index contributed by atoms with van der Waals surface area (Å²) < 4.78 is 12.6. The van der Waals surface area contributed by atoms with Gasteiger partial charge in [-0.3, -0.25) is 5.32 Å². The summed E-state index contributed by atoms with van der Waals surface area (Å²) in [5.74, 6) is 0.717. The van der Waals surface area contributed by atoms with Crippen LogP contribution in [0, 0.1) is 0 Å². The lowest BCUT2D eigenvalue weighted by Crippen LogP contribution is -2.54. The zero-order valence-electron chi connectivity index (χ0n) is 20.0. The Morgan fingerprint density at radius 2 is 1.58 bits per heavy atom. The Kier molecular flexibility index (Phi) is 12.4. The Morgan fingerprint density at radius 3 is 2.35 bits per heavy atom. The van der Waals surface area contributed by atoms with E-state index in [0.717, 1.165) is 17.4 Å². The number of para-hydroxylation sites is 2. The van der Waals surface area contributed by atoms with E-state index in [1.165, 1.54) is 83.8 Å². The van der Waals surface area contributed by atoms with Crippen LogP contribution in [-0.4, -0.2) is 50.0 Å². The lowest BCUT2D eigenvalue weighted by Gasteiger charge is -2.41. The van der Waals surface area contributed by atoms with Crippen molar-refractivity contribution in [1.29, 1.82) is 0 Å².